The third kappa shape index (κ3) is 3.84. The second-order valence-electron chi connectivity index (χ2n) is 9.65. The Kier molecular flexibility index (Phi) is 5.26. The Morgan fingerprint density at radius 1 is 1.29 bits per heavy atom. The fourth-order valence-electron chi connectivity index (χ4n) is 5.29. The highest BCUT2D eigenvalue weighted by Gasteiger charge is 2.41. The lowest BCUT2D eigenvalue weighted by molar-refractivity contribution is -0.155. The van der Waals surface area contributed by atoms with Crippen molar-refractivity contribution in [1.82, 2.24) is 9.88 Å². The predicted octanol–water partition coefficient (Wildman–Crippen LogP) is 5.24. The highest BCUT2D eigenvalue weighted by molar-refractivity contribution is 5.85. The molecule has 2 aliphatic heterocycles. The minimum absolute atomic E-state index is 0.0645. The van der Waals surface area contributed by atoms with Crippen molar-refractivity contribution in [3.63, 3.8) is 0 Å². The summed E-state index contributed by atoms with van der Waals surface area (Å²) in [6, 6.07) is 9.08. The number of esters is 1. The van der Waals surface area contributed by atoms with Gasteiger partial charge >= 0.3 is 5.97 Å². The van der Waals surface area contributed by atoms with Crippen molar-refractivity contribution in [3.8, 4) is 0 Å². The topological polar surface area (TPSA) is 45.3 Å². The summed E-state index contributed by atoms with van der Waals surface area (Å²) in [5.74, 6) is 1.16. The van der Waals surface area contributed by atoms with E-state index in [-0.39, 0.29) is 5.97 Å². The van der Waals surface area contributed by atoms with Crippen LogP contribution < -0.4 is 0 Å². The number of H-pyrrole nitrogens is 1. The van der Waals surface area contributed by atoms with Crippen molar-refractivity contribution in [1.29, 1.82) is 0 Å². The van der Waals surface area contributed by atoms with Crippen LogP contribution in [0.4, 0.5) is 0 Å². The van der Waals surface area contributed by atoms with Crippen LogP contribution in [0.25, 0.3) is 10.9 Å². The number of piperidine rings is 1. The maximum atomic E-state index is 12.4. The highest BCUT2D eigenvalue weighted by atomic mass is 16.6. The highest BCUT2D eigenvalue weighted by Crippen LogP contribution is 2.46. The summed E-state index contributed by atoms with van der Waals surface area (Å²) < 4.78 is 5.58. The number of ether oxygens (including phenoxy) is 1. The quantitative estimate of drug-likeness (QED) is 0.736. The Bertz CT molecular complexity index is 848. The smallest absolute Gasteiger partial charge is 0.306 e. The lowest BCUT2D eigenvalue weighted by Crippen LogP contribution is -2.46. The van der Waals surface area contributed by atoms with E-state index in [0.717, 1.165) is 25.3 Å². The summed E-state index contributed by atoms with van der Waals surface area (Å²) in [5, 5.41) is 1.38. The summed E-state index contributed by atoms with van der Waals surface area (Å²) in [5.41, 5.74) is 3.74. The van der Waals surface area contributed by atoms with Crippen LogP contribution in [0.5, 0.6) is 0 Å². The Labute approximate surface area is 168 Å². The summed E-state index contributed by atoms with van der Waals surface area (Å²) >= 11 is 0. The molecular weight excluding hydrogens is 348 g/mol. The average molecular weight is 383 g/mol. The first-order valence-electron chi connectivity index (χ1n) is 10.9. The molecule has 0 spiro atoms. The first-order valence-corrected chi connectivity index (χ1v) is 10.9. The minimum Gasteiger partial charge on any atom is -0.460 e. The first kappa shape index (κ1) is 19.5. The first-order chi connectivity index (χ1) is 13.4. The van der Waals surface area contributed by atoms with Gasteiger partial charge in [-0.25, -0.2) is 0 Å². The Morgan fingerprint density at radius 2 is 2.07 bits per heavy atom. The molecule has 0 unspecified atom stereocenters. The number of nitrogens with zero attached hydrogens (tertiary/aromatic N) is 1. The molecule has 0 amide bonds. The maximum Gasteiger partial charge on any atom is 0.306 e. The van der Waals surface area contributed by atoms with Crippen LogP contribution in [-0.2, 0) is 16.0 Å². The summed E-state index contributed by atoms with van der Waals surface area (Å²) in [7, 11) is 0. The molecule has 4 nitrogen and oxygen atoms in total. The molecule has 152 valence electrons. The van der Waals surface area contributed by atoms with Gasteiger partial charge in [0.15, 0.2) is 0 Å². The molecule has 4 heteroatoms. The lowest BCUT2D eigenvalue weighted by atomic mass is 9.76. The van der Waals surface area contributed by atoms with Crippen molar-refractivity contribution in [2.75, 3.05) is 13.1 Å². The van der Waals surface area contributed by atoms with E-state index in [1.54, 1.807) is 0 Å². The zero-order valence-corrected chi connectivity index (χ0v) is 17.8. The van der Waals surface area contributed by atoms with Crippen molar-refractivity contribution < 1.29 is 9.53 Å². The van der Waals surface area contributed by atoms with E-state index < -0.39 is 5.60 Å². The van der Waals surface area contributed by atoms with Crippen LogP contribution in [0, 0.1) is 11.8 Å². The Balaban J connectivity index is 1.59. The number of hydrogen-bond acceptors (Lipinski definition) is 3. The van der Waals surface area contributed by atoms with Crippen molar-refractivity contribution in [2.24, 2.45) is 11.8 Å². The van der Waals surface area contributed by atoms with E-state index >= 15 is 0 Å². The van der Waals surface area contributed by atoms with E-state index in [2.05, 4.69) is 41.1 Å². The number of para-hydroxylation sites is 1. The van der Waals surface area contributed by atoms with Gasteiger partial charge in [-0.05, 0) is 63.5 Å². The largest absolute Gasteiger partial charge is 0.460 e. The number of aromatic amines is 1. The molecule has 2 aromatic rings. The molecule has 0 aliphatic carbocycles. The molecule has 0 radical (unpaired) electrons. The standard InChI is InChI=1S/C24H34N2O2/c1-5-16-14-17(10-11-21(27)28-24(2,3)4)23-22-19(12-13-26(23)15-16)18-8-6-7-9-20(18)25-22/h6-9,16-17,23,25H,5,10-15H2,1-4H3/t16-,17+,23+/m0/s1. The monoisotopic (exact) mass is 382 g/mol. The summed E-state index contributed by atoms with van der Waals surface area (Å²) in [4.78, 5) is 18.8. The molecule has 1 N–H and O–H groups in total. The van der Waals surface area contributed by atoms with E-state index in [0.29, 0.717) is 18.4 Å². The van der Waals surface area contributed by atoms with Gasteiger partial charge in [-0.15, -0.1) is 0 Å². The number of carbonyl (C=O) groups is 1. The Morgan fingerprint density at radius 3 is 2.82 bits per heavy atom. The molecule has 2 aliphatic rings. The van der Waals surface area contributed by atoms with Crippen molar-refractivity contribution >= 4 is 16.9 Å². The fraction of sp³-hybridized carbons (Fsp3) is 0.625. The summed E-state index contributed by atoms with van der Waals surface area (Å²) in [6.45, 7) is 10.4. The second kappa shape index (κ2) is 7.55. The van der Waals surface area contributed by atoms with Gasteiger partial charge in [-0.2, -0.15) is 0 Å². The maximum absolute atomic E-state index is 12.4. The molecule has 3 heterocycles. The van der Waals surface area contributed by atoms with Gasteiger partial charge in [0.05, 0.1) is 6.04 Å². The van der Waals surface area contributed by atoms with Crippen LogP contribution in [-0.4, -0.2) is 34.5 Å². The SMILES string of the molecule is CC[C@H]1C[C@@H](CCC(=O)OC(C)(C)C)[C@@H]2c3[nH]c4ccccc4c3CCN2C1. The van der Waals surface area contributed by atoms with Crippen LogP contribution in [0.1, 0.15) is 70.7 Å². The third-order valence-electron chi connectivity index (χ3n) is 6.48. The van der Waals surface area contributed by atoms with Crippen molar-refractivity contribution in [3.05, 3.63) is 35.5 Å². The van der Waals surface area contributed by atoms with Crippen LogP contribution in [0.3, 0.4) is 0 Å². The van der Waals surface area contributed by atoms with Gasteiger partial charge in [0.1, 0.15) is 5.60 Å². The van der Waals surface area contributed by atoms with Gasteiger partial charge in [0, 0.05) is 36.1 Å². The molecule has 1 fully saturated rings. The van der Waals surface area contributed by atoms with E-state index in [9.17, 15) is 4.79 Å². The van der Waals surface area contributed by atoms with Crippen LogP contribution in [0.2, 0.25) is 0 Å². The van der Waals surface area contributed by atoms with Gasteiger partial charge < -0.3 is 9.72 Å². The predicted molar refractivity (Wildman–Crippen MR) is 113 cm³/mol. The third-order valence-corrected chi connectivity index (χ3v) is 6.48. The molecule has 3 atom stereocenters. The van der Waals surface area contributed by atoms with Gasteiger partial charge in [-0.1, -0.05) is 31.5 Å². The fourth-order valence-corrected chi connectivity index (χ4v) is 5.29. The van der Waals surface area contributed by atoms with E-state index in [4.69, 9.17) is 4.74 Å². The summed E-state index contributed by atoms with van der Waals surface area (Å²) in [6.07, 6.45) is 4.95. The number of nitrogens with one attached hydrogen (secondary N) is 1. The molecule has 1 aromatic heterocycles. The molecule has 4 rings (SSSR count). The lowest BCUT2D eigenvalue weighted by Gasteiger charge is -2.47. The molecule has 0 bridgehead atoms. The number of rotatable bonds is 4. The second-order valence-corrected chi connectivity index (χ2v) is 9.65. The molecular formula is C24H34N2O2. The number of carbonyl (C=O) groups excluding carboxylic acids is 1. The number of hydrogen-bond donors (Lipinski definition) is 1. The zero-order chi connectivity index (χ0) is 19.9. The minimum atomic E-state index is -0.406. The molecule has 28 heavy (non-hydrogen) atoms. The number of benzene rings is 1. The average Bonchev–Trinajstić information content (AvgIpc) is 3.03. The van der Waals surface area contributed by atoms with Gasteiger partial charge in [0.2, 0.25) is 0 Å². The molecule has 1 aromatic carbocycles. The Hall–Kier alpha value is -1.81. The molecule has 0 saturated carbocycles. The normalized spacial score (nSPS) is 25.4. The van der Waals surface area contributed by atoms with E-state index in [1.807, 2.05) is 20.8 Å². The van der Waals surface area contributed by atoms with Gasteiger partial charge in [0.25, 0.3) is 0 Å². The number of fused-ring (bicyclic) bond motifs is 5. The van der Waals surface area contributed by atoms with Crippen LogP contribution >= 0.6 is 0 Å². The molecule has 1 saturated heterocycles. The van der Waals surface area contributed by atoms with E-state index in [1.165, 1.54) is 41.5 Å². The van der Waals surface area contributed by atoms with Gasteiger partial charge in [-0.3, -0.25) is 9.69 Å². The van der Waals surface area contributed by atoms with Crippen molar-refractivity contribution in [2.45, 2.75) is 71.4 Å². The van der Waals surface area contributed by atoms with Crippen LogP contribution in [0.15, 0.2) is 24.3 Å². The number of aromatic nitrogens is 1. The zero-order valence-electron chi connectivity index (χ0n) is 17.8.